The van der Waals surface area contributed by atoms with Crippen LogP contribution in [0.2, 0.25) is 10.0 Å². The number of nitrogens with zero attached hydrogens (tertiary/aromatic N) is 1. The maximum Gasteiger partial charge on any atom is 0.178 e. The smallest absolute Gasteiger partial charge is 0.178 e. The molecule has 0 bridgehead atoms. The van der Waals surface area contributed by atoms with Crippen LogP contribution in [0.5, 0.6) is 0 Å². The van der Waals surface area contributed by atoms with E-state index in [0.29, 0.717) is 16.0 Å². The molecule has 0 saturated carbocycles. The summed E-state index contributed by atoms with van der Waals surface area (Å²) < 4.78 is 2.87. The van der Waals surface area contributed by atoms with Gasteiger partial charge in [0, 0.05) is 6.54 Å². The lowest BCUT2D eigenvalue weighted by Gasteiger charge is -2.18. The predicted octanol–water partition coefficient (Wildman–Crippen LogP) is 5.36. The molecule has 2 nitrogen and oxygen atoms in total. The van der Waals surface area contributed by atoms with Crippen LogP contribution >= 0.6 is 35.4 Å². The number of hydrogen-bond acceptors (Lipinski definition) is 1. The quantitative estimate of drug-likeness (QED) is 0.584. The first kappa shape index (κ1) is 13.2. The van der Waals surface area contributed by atoms with Crippen molar-refractivity contribution in [2.45, 2.75) is 25.8 Å². The first-order chi connectivity index (χ1) is 9.15. The maximum absolute atomic E-state index is 6.11. The number of H-pyrrole nitrogens is 1. The fourth-order valence-corrected chi connectivity index (χ4v) is 3.22. The first-order valence-electron chi connectivity index (χ1n) is 6.37. The topological polar surface area (TPSA) is 20.7 Å². The largest absolute Gasteiger partial charge is 0.331 e. The zero-order chi connectivity index (χ0) is 13.4. The Morgan fingerprint density at radius 3 is 2.79 bits per heavy atom. The monoisotopic (exact) mass is 312 g/mol. The van der Waals surface area contributed by atoms with Gasteiger partial charge in [-0.15, -0.1) is 0 Å². The van der Waals surface area contributed by atoms with E-state index in [4.69, 9.17) is 35.4 Å². The molecule has 1 unspecified atom stereocenters. The van der Waals surface area contributed by atoms with Crippen molar-refractivity contribution in [2.24, 2.45) is 5.92 Å². The number of fused-ring (bicyclic) bond motifs is 1. The molecule has 1 aromatic heterocycles. The van der Waals surface area contributed by atoms with E-state index in [1.165, 1.54) is 6.42 Å². The highest BCUT2D eigenvalue weighted by Crippen LogP contribution is 2.29. The molecule has 100 valence electrons. The predicted molar refractivity (Wildman–Crippen MR) is 83.6 cm³/mol. The van der Waals surface area contributed by atoms with Gasteiger partial charge in [-0.2, -0.15) is 0 Å². The Morgan fingerprint density at radius 2 is 2.05 bits per heavy atom. The van der Waals surface area contributed by atoms with Crippen molar-refractivity contribution in [3.8, 4) is 0 Å². The number of rotatable bonds is 2. The van der Waals surface area contributed by atoms with Crippen LogP contribution in [-0.2, 0) is 6.54 Å². The Bertz CT molecular complexity index is 699. The summed E-state index contributed by atoms with van der Waals surface area (Å²) in [6.45, 7) is 0.932. The van der Waals surface area contributed by atoms with Gasteiger partial charge in [0.25, 0.3) is 0 Å². The van der Waals surface area contributed by atoms with Gasteiger partial charge in [0.2, 0.25) is 0 Å². The summed E-state index contributed by atoms with van der Waals surface area (Å²) in [5.74, 6) is 0.644. The van der Waals surface area contributed by atoms with Crippen LogP contribution in [0.3, 0.4) is 0 Å². The highest BCUT2D eigenvalue weighted by molar-refractivity contribution is 7.71. The molecular formula is C14H14Cl2N2S. The standard InChI is InChI=1S/C14H14Cl2N2S/c15-10-6-12-13(7-11(10)16)18(14(19)17-12)8-9-4-2-1-3-5-9/h1-2,6-7,9H,3-5,8H2,(H,17,19). The molecule has 2 aromatic rings. The van der Waals surface area contributed by atoms with Crippen molar-refractivity contribution < 1.29 is 0 Å². The lowest BCUT2D eigenvalue weighted by Crippen LogP contribution is -2.12. The SMILES string of the molecule is S=c1[nH]c2cc(Cl)c(Cl)cc2n1CC1CC=CCC1. The van der Waals surface area contributed by atoms with Crippen LogP contribution in [0.25, 0.3) is 11.0 Å². The number of aromatic nitrogens is 2. The van der Waals surface area contributed by atoms with Gasteiger partial charge in [-0.05, 0) is 49.5 Å². The third kappa shape index (κ3) is 2.60. The third-order valence-electron chi connectivity index (χ3n) is 3.63. The molecule has 1 aliphatic carbocycles. The summed E-state index contributed by atoms with van der Waals surface area (Å²) in [7, 11) is 0. The molecule has 1 aliphatic rings. The van der Waals surface area contributed by atoms with Crippen molar-refractivity contribution in [1.29, 1.82) is 0 Å². The Balaban J connectivity index is 2.02. The molecule has 0 radical (unpaired) electrons. The van der Waals surface area contributed by atoms with Crippen LogP contribution in [0.15, 0.2) is 24.3 Å². The zero-order valence-electron chi connectivity index (χ0n) is 10.3. The van der Waals surface area contributed by atoms with E-state index < -0.39 is 0 Å². The average molecular weight is 313 g/mol. The van der Waals surface area contributed by atoms with E-state index in [0.717, 1.165) is 35.2 Å². The highest BCUT2D eigenvalue weighted by atomic mass is 35.5. The van der Waals surface area contributed by atoms with Crippen LogP contribution in [0.1, 0.15) is 19.3 Å². The summed E-state index contributed by atoms with van der Waals surface area (Å²) in [4.78, 5) is 3.20. The fourth-order valence-electron chi connectivity index (χ4n) is 2.61. The summed E-state index contributed by atoms with van der Waals surface area (Å²) in [5, 5.41) is 1.12. The molecule has 5 heteroatoms. The minimum atomic E-state index is 0.554. The van der Waals surface area contributed by atoms with Crippen LogP contribution in [-0.4, -0.2) is 9.55 Å². The van der Waals surface area contributed by atoms with Gasteiger partial charge >= 0.3 is 0 Å². The number of nitrogens with one attached hydrogen (secondary N) is 1. The van der Waals surface area contributed by atoms with Gasteiger partial charge in [0.05, 0.1) is 21.1 Å². The number of aromatic amines is 1. The number of hydrogen-bond donors (Lipinski definition) is 1. The zero-order valence-corrected chi connectivity index (χ0v) is 12.7. The van der Waals surface area contributed by atoms with E-state index in [1.807, 2.05) is 12.1 Å². The van der Waals surface area contributed by atoms with Gasteiger partial charge in [-0.1, -0.05) is 35.4 Å². The highest BCUT2D eigenvalue weighted by Gasteiger charge is 2.14. The number of benzene rings is 1. The lowest BCUT2D eigenvalue weighted by atomic mass is 9.94. The molecule has 0 spiro atoms. The molecule has 19 heavy (non-hydrogen) atoms. The van der Waals surface area contributed by atoms with Gasteiger partial charge in [-0.3, -0.25) is 0 Å². The molecule has 1 aromatic carbocycles. The second kappa shape index (κ2) is 5.31. The number of allylic oxidation sites excluding steroid dienone is 2. The van der Waals surface area contributed by atoms with Crippen molar-refractivity contribution in [2.75, 3.05) is 0 Å². The van der Waals surface area contributed by atoms with Crippen molar-refractivity contribution in [3.05, 3.63) is 39.1 Å². The van der Waals surface area contributed by atoms with Gasteiger partial charge in [0.15, 0.2) is 4.77 Å². The minimum absolute atomic E-state index is 0.554. The minimum Gasteiger partial charge on any atom is -0.331 e. The first-order valence-corrected chi connectivity index (χ1v) is 7.54. The summed E-state index contributed by atoms with van der Waals surface area (Å²) in [6.07, 6.45) is 8.01. The van der Waals surface area contributed by atoms with E-state index >= 15 is 0 Å². The van der Waals surface area contributed by atoms with Crippen molar-refractivity contribution >= 4 is 46.5 Å². The average Bonchev–Trinajstić information content (AvgIpc) is 2.68. The van der Waals surface area contributed by atoms with E-state index in [1.54, 1.807) is 0 Å². The summed E-state index contributed by atoms with van der Waals surface area (Å²) in [6, 6.07) is 3.73. The summed E-state index contributed by atoms with van der Waals surface area (Å²) in [5.41, 5.74) is 1.99. The van der Waals surface area contributed by atoms with E-state index in [9.17, 15) is 0 Å². The Labute approximate surface area is 127 Å². The van der Waals surface area contributed by atoms with Crippen LogP contribution < -0.4 is 0 Å². The van der Waals surface area contributed by atoms with Crippen LogP contribution in [0.4, 0.5) is 0 Å². The Hall–Kier alpha value is -0.770. The summed E-state index contributed by atoms with van der Waals surface area (Å²) >= 11 is 17.6. The third-order valence-corrected chi connectivity index (χ3v) is 4.68. The second-order valence-corrected chi connectivity index (χ2v) is 6.18. The molecular weight excluding hydrogens is 299 g/mol. The van der Waals surface area contributed by atoms with Gasteiger partial charge < -0.3 is 9.55 Å². The van der Waals surface area contributed by atoms with E-state index in [-0.39, 0.29) is 0 Å². The van der Waals surface area contributed by atoms with Gasteiger partial charge in [-0.25, -0.2) is 0 Å². The van der Waals surface area contributed by atoms with Crippen LogP contribution in [0, 0.1) is 10.7 Å². The molecule has 0 saturated heterocycles. The fraction of sp³-hybridized carbons (Fsp3) is 0.357. The molecule has 0 amide bonds. The maximum atomic E-state index is 6.11. The van der Waals surface area contributed by atoms with Gasteiger partial charge in [0.1, 0.15) is 0 Å². The lowest BCUT2D eigenvalue weighted by molar-refractivity contribution is 0.413. The number of imidazole rings is 1. The second-order valence-electron chi connectivity index (χ2n) is 4.97. The van der Waals surface area contributed by atoms with Crippen molar-refractivity contribution in [3.63, 3.8) is 0 Å². The Morgan fingerprint density at radius 1 is 1.26 bits per heavy atom. The molecule has 0 aliphatic heterocycles. The Kier molecular flexibility index (Phi) is 3.70. The number of halogens is 2. The molecule has 1 heterocycles. The normalized spacial score (nSPS) is 19.2. The molecule has 1 atom stereocenters. The van der Waals surface area contributed by atoms with E-state index in [2.05, 4.69) is 21.7 Å². The molecule has 0 fully saturated rings. The molecule has 3 rings (SSSR count). The van der Waals surface area contributed by atoms with Crippen molar-refractivity contribution in [1.82, 2.24) is 9.55 Å². The molecule has 1 N–H and O–H groups in total.